The molecule has 0 atom stereocenters. The maximum atomic E-state index is 5.84. The third-order valence-corrected chi connectivity index (χ3v) is 2.82. The molecule has 0 aromatic heterocycles. The SMILES string of the molecule is CC(C)N(CCCl)Cc1ccc(Cl)cc1. The first-order valence-electron chi connectivity index (χ1n) is 5.18. The van der Waals surface area contributed by atoms with Gasteiger partial charge in [-0.3, -0.25) is 4.90 Å². The van der Waals surface area contributed by atoms with Gasteiger partial charge in [0.2, 0.25) is 0 Å². The van der Waals surface area contributed by atoms with E-state index >= 15 is 0 Å². The Morgan fingerprint density at radius 2 is 1.80 bits per heavy atom. The Hall–Kier alpha value is -0.240. The molecular weight excluding hydrogens is 229 g/mol. The number of benzene rings is 1. The van der Waals surface area contributed by atoms with Crippen molar-refractivity contribution < 1.29 is 0 Å². The predicted octanol–water partition coefficient (Wildman–Crippen LogP) is 3.79. The Morgan fingerprint density at radius 1 is 1.20 bits per heavy atom. The summed E-state index contributed by atoms with van der Waals surface area (Å²) in [6, 6.07) is 8.49. The van der Waals surface area contributed by atoms with Crippen molar-refractivity contribution in [1.29, 1.82) is 0 Å². The molecule has 1 rings (SSSR count). The summed E-state index contributed by atoms with van der Waals surface area (Å²) in [5.41, 5.74) is 1.28. The van der Waals surface area contributed by atoms with Crippen molar-refractivity contribution in [2.45, 2.75) is 26.4 Å². The largest absolute Gasteiger partial charge is 0.296 e. The van der Waals surface area contributed by atoms with Gasteiger partial charge in [0.05, 0.1) is 0 Å². The molecule has 0 N–H and O–H groups in total. The summed E-state index contributed by atoms with van der Waals surface area (Å²) in [5.74, 6) is 0.672. The Labute approximate surface area is 102 Å². The molecule has 1 nitrogen and oxygen atoms in total. The van der Waals surface area contributed by atoms with E-state index in [1.54, 1.807) is 0 Å². The fraction of sp³-hybridized carbons (Fsp3) is 0.500. The zero-order valence-electron chi connectivity index (χ0n) is 9.21. The molecule has 0 bridgehead atoms. The van der Waals surface area contributed by atoms with E-state index in [0.717, 1.165) is 18.1 Å². The molecule has 0 unspecified atom stereocenters. The number of rotatable bonds is 5. The molecule has 1 aromatic carbocycles. The van der Waals surface area contributed by atoms with Crippen LogP contribution in [0.25, 0.3) is 0 Å². The average molecular weight is 246 g/mol. The van der Waals surface area contributed by atoms with Crippen LogP contribution in [0.4, 0.5) is 0 Å². The highest BCUT2D eigenvalue weighted by Gasteiger charge is 2.08. The molecule has 15 heavy (non-hydrogen) atoms. The highest BCUT2D eigenvalue weighted by Crippen LogP contribution is 2.12. The van der Waals surface area contributed by atoms with E-state index in [9.17, 15) is 0 Å². The smallest absolute Gasteiger partial charge is 0.0406 e. The summed E-state index contributed by atoms with van der Waals surface area (Å²) >= 11 is 11.6. The van der Waals surface area contributed by atoms with Gasteiger partial charge in [-0.15, -0.1) is 11.6 Å². The lowest BCUT2D eigenvalue weighted by Crippen LogP contribution is -2.32. The Balaban J connectivity index is 2.61. The number of alkyl halides is 1. The molecule has 0 spiro atoms. The standard InChI is InChI=1S/C12H17Cl2N/c1-10(2)15(8-7-13)9-11-3-5-12(14)6-4-11/h3-6,10H,7-9H2,1-2H3. The molecule has 0 aliphatic carbocycles. The minimum absolute atomic E-state index is 0.513. The molecule has 0 aliphatic heterocycles. The molecule has 0 heterocycles. The molecule has 0 aliphatic rings. The van der Waals surface area contributed by atoms with Gasteiger partial charge in [0.25, 0.3) is 0 Å². The highest BCUT2D eigenvalue weighted by atomic mass is 35.5. The lowest BCUT2D eigenvalue weighted by molar-refractivity contribution is 0.226. The Morgan fingerprint density at radius 3 is 2.27 bits per heavy atom. The molecule has 3 heteroatoms. The van der Waals surface area contributed by atoms with E-state index in [1.165, 1.54) is 5.56 Å². The van der Waals surface area contributed by atoms with Crippen LogP contribution < -0.4 is 0 Å². The number of hydrogen-bond donors (Lipinski definition) is 0. The van der Waals surface area contributed by atoms with E-state index in [-0.39, 0.29) is 0 Å². The summed E-state index contributed by atoms with van der Waals surface area (Å²) in [6.07, 6.45) is 0. The topological polar surface area (TPSA) is 3.24 Å². The van der Waals surface area contributed by atoms with Crippen LogP contribution in [-0.2, 0) is 6.54 Å². The van der Waals surface area contributed by atoms with Crippen LogP contribution in [0.3, 0.4) is 0 Å². The van der Waals surface area contributed by atoms with Gasteiger partial charge in [-0.2, -0.15) is 0 Å². The number of halogens is 2. The summed E-state index contributed by atoms with van der Waals surface area (Å²) in [4.78, 5) is 2.34. The van der Waals surface area contributed by atoms with Gasteiger partial charge in [0.1, 0.15) is 0 Å². The number of hydrogen-bond acceptors (Lipinski definition) is 1. The summed E-state index contributed by atoms with van der Waals surface area (Å²) in [5, 5.41) is 0.784. The predicted molar refractivity (Wildman–Crippen MR) is 67.7 cm³/mol. The van der Waals surface area contributed by atoms with Crippen LogP contribution in [-0.4, -0.2) is 23.4 Å². The van der Waals surface area contributed by atoms with Crippen molar-refractivity contribution in [3.05, 3.63) is 34.9 Å². The minimum atomic E-state index is 0.513. The molecule has 0 radical (unpaired) electrons. The fourth-order valence-electron chi connectivity index (χ4n) is 1.45. The average Bonchev–Trinajstić information content (AvgIpc) is 2.20. The second kappa shape index (κ2) is 6.37. The summed E-state index contributed by atoms with van der Waals surface area (Å²) in [6.45, 7) is 6.22. The van der Waals surface area contributed by atoms with Gasteiger partial charge < -0.3 is 0 Å². The maximum Gasteiger partial charge on any atom is 0.0406 e. The molecule has 0 fully saturated rings. The van der Waals surface area contributed by atoms with Gasteiger partial charge in [-0.05, 0) is 31.5 Å². The van der Waals surface area contributed by atoms with Gasteiger partial charge in [-0.1, -0.05) is 23.7 Å². The summed E-state index contributed by atoms with van der Waals surface area (Å²) < 4.78 is 0. The van der Waals surface area contributed by atoms with Gasteiger partial charge in [-0.25, -0.2) is 0 Å². The van der Waals surface area contributed by atoms with Gasteiger partial charge >= 0.3 is 0 Å². The van der Waals surface area contributed by atoms with Gasteiger partial charge in [0.15, 0.2) is 0 Å². The summed E-state index contributed by atoms with van der Waals surface area (Å²) in [7, 11) is 0. The van der Waals surface area contributed by atoms with Crippen molar-refractivity contribution in [2.24, 2.45) is 0 Å². The first kappa shape index (κ1) is 12.8. The Bertz CT molecular complexity index is 282. The van der Waals surface area contributed by atoms with Crippen LogP contribution in [0.15, 0.2) is 24.3 Å². The second-order valence-electron chi connectivity index (χ2n) is 3.88. The minimum Gasteiger partial charge on any atom is -0.296 e. The molecule has 0 saturated carbocycles. The third kappa shape index (κ3) is 4.42. The quantitative estimate of drug-likeness (QED) is 0.714. The van der Waals surface area contributed by atoms with Crippen molar-refractivity contribution in [2.75, 3.05) is 12.4 Å². The van der Waals surface area contributed by atoms with Crippen LogP contribution in [0, 0.1) is 0 Å². The molecule has 1 aromatic rings. The Kier molecular flexibility index (Phi) is 5.44. The van der Waals surface area contributed by atoms with Crippen molar-refractivity contribution in [1.82, 2.24) is 4.90 Å². The van der Waals surface area contributed by atoms with E-state index < -0.39 is 0 Å². The van der Waals surface area contributed by atoms with Crippen LogP contribution >= 0.6 is 23.2 Å². The first-order chi connectivity index (χ1) is 7.13. The van der Waals surface area contributed by atoms with E-state index in [0.29, 0.717) is 11.9 Å². The van der Waals surface area contributed by atoms with Crippen LogP contribution in [0.5, 0.6) is 0 Å². The third-order valence-electron chi connectivity index (χ3n) is 2.40. The van der Waals surface area contributed by atoms with E-state index in [4.69, 9.17) is 23.2 Å². The van der Waals surface area contributed by atoms with E-state index in [2.05, 4.69) is 30.9 Å². The molecule has 0 amide bonds. The molecule has 84 valence electrons. The zero-order chi connectivity index (χ0) is 11.3. The van der Waals surface area contributed by atoms with Gasteiger partial charge in [0, 0.05) is 30.0 Å². The maximum absolute atomic E-state index is 5.84. The van der Waals surface area contributed by atoms with Crippen LogP contribution in [0.2, 0.25) is 5.02 Å². The van der Waals surface area contributed by atoms with Crippen molar-refractivity contribution in [3.63, 3.8) is 0 Å². The van der Waals surface area contributed by atoms with Crippen molar-refractivity contribution >= 4 is 23.2 Å². The monoisotopic (exact) mass is 245 g/mol. The fourth-order valence-corrected chi connectivity index (χ4v) is 1.80. The lowest BCUT2D eigenvalue weighted by Gasteiger charge is -2.25. The molecular formula is C12H17Cl2N. The second-order valence-corrected chi connectivity index (χ2v) is 4.69. The normalized spacial score (nSPS) is 11.3. The lowest BCUT2D eigenvalue weighted by atomic mass is 10.2. The zero-order valence-corrected chi connectivity index (χ0v) is 10.7. The number of nitrogens with zero attached hydrogens (tertiary/aromatic N) is 1. The van der Waals surface area contributed by atoms with E-state index in [1.807, 2.05) is 12.1 Å². The first-order valence-corrected chi connectivity index (χ1v) is 6.09. The highest BCUT2D eigenvalue weighted by molar-refractivity contribution is 6.30. The van der Waals surface area contributed by atoms with Crippen LogP contribution in [0.1, 0.15) is 19.4 Å². The van der Waals surface area contributed by atoms with Crippen molar-refractivity contribution in [3.8, 4) is 0 Å². The molecule has 0 saturated heterocycles.